The lowest BCUT2D eigenvalue weighted by Crippen LogP contribution is -2.49. The topological polar surface area (TPSA) is 52.7 Å². The van der Waals surface area contributed by atoms with Crippen molar-refractivity contribution in [1.29, 1.82) is 0 Å². The van der Waals surface area contributed by atoms with Gasteiger partial charge >= 0.3 is 6.03 Å². The molecule has 0 unspecified atom stereocenters. The van der Waals surface area contributed by atoms with E-state index in [2.05, 4.69) is 42.4 Å². The molecule has 0 fully saturated rings. The van der Waals surface area contributed by atoms with Crippen molar-refractivity contribution in [2.75, 3.05) is 26.2 Å². The zero-order valence-electron chi connectivity index (χ0n) is 17.0. The largest absolute Gasteiger partial charge is 0.338 e. The lowest BCUT2D eigenvalue weighted by molar-refractivity contribution is -0.133. The fraction of sp³-hybridized carbons (Fsp3) is 0.391. The summed E-state index contributed by atoms with van der Waals surface area (Å²) in [5.74, 6) is -0.0387. The van der Waals surface area contributed by atoms with Crippen LogP contribution in [0, 0.1) is 0 Å². The van der Waals surface area contributed by atoms with Gasteiger partial charge < -0.3 is 15.1 Å². The number of nitrogens with one attached hydrogen (secondary N) is 1. The van der Waals surface area contributed by atoms with Crippen molar-refractivity contribution in [3.8, 4) is 0 Å². The van der Waals surface area contributed by atoms with E-state index in [1.54, 1.807) is 17.4 Å². The van der Waals surface area contributed by atoms with Gasteiger partial charge in [0.15, 0.2) is 0 Å². The Balaban J connectivity index is 1.79. The third-order valence-electron chi connectivity index (χ3n) is 5.17. The van der Waals surface area contributed by atoms with E-state index in [4.69, 9.17) is 0 Å². The highest BCUT2D eigenvalue weighted by atomic mass is 32.1. The van der Waals surface area contributed by atoms with Gasteiger partial charge in [0.25, 0.3) is 0 Å². The molecule has 6 heteroatoms. The summed E-state index contributed by atoms with van der Waals surface area (Å²) in [6.07, 6.45) is 4.45. The van der Waals surface area contributed by atoms with Crippen LogP contribution in [0.3, 0.4) is 0 Å². The lowest BCUT2D eigenvalue weighted by atomic mass is 9.93. The zero-order chi connectivity index (χ0) is 20.6. The first-order valence-electron chi connectivity index (χ1n) is 10.2. The number of carbonyl (C=O) groups is 2. The molecule has 1 aliphatic heterocycles. The summed E-state index contributed by atoms with van der Waals surface area (Å²) in [6.45, 7) is 7.49. The number of hydrogen-bond donors (Lipinski definition) is 1. The smallest absolute Gasteiger partial charge is 0.318 e. The van der Waals surface area contributed by atoms with Gasteiger partial charge in [-0.3, -0.25) is 4.79 Å². The van der Waals surface area contributed by atoms with Crippen molar-refractivity contribution in [3.05, 3.63) is 70.4 Å². The number of thiophene rings is 1. The van der Waals surface area contributed by atoms with E-state index in [1.165, 1.54) is 15.3 Å². The summed E-state index contributed by atoms with van der Waals surface area (Å²) in [7, 11) is 0. The monoisotopic (exact) mass is 411 g/mol. The Morgan fingerprint density at radius 3 is 2.83 bits per heavy atom. The first kappa shape index (κ1) is 21.1. The molecule has 0 spiro atoms. The summed E-state index contributed by atoms with van der Waals surface area (Å²) >= 11 is 1.75. The van der Waals surface area contributed by atoms with Gasteiger partial charge in [-0.05, 0) is 35.4 Å². The van der Waals surface area contributed by atoms with Crippen LogP contribution in [0.4, 0.5) is 4.79 Å². The number of fused-ring (bicyclic) bond motifs is 1. The van der Waals surface area contributed by atoms with Gasteiger partial charge in [-0.25, -0.2) is 4.79 Å². The highest BCUT2D eigenvalue weighted by Gasteiger charge is 2.33. The van der Waals surface area contributed by atoms with Crippen LogP contribution < -0.4 is 5.32 Å². The van der Waals surface area contributed by atoms with Crippen LogP contribution in [0.5, 0.6) is 0 Å². The minimum atomic E-state index is -0.212. The van der Waals surface area contributed by atoms with E-state index in [-0.39, 0.29) is 24.5 Å². The Labute approximate surface area is 177 Å². The Morgan fingerprint density at radius 2 is 2.10 bits per heavy atom. The summed E-state index contributed by atoms with van der Waals surface area (Å²) in [4.78, 5) is 30.6. The van der Waals surface area contributed by atoms with Gasteiger partial charge in [-0.15, -0.1) is 17.9 Å². The van der Waals surface area contributed by atoms with Crippen LogP contribution in [-0.2, 0) is 11.2 Å². The average Bonchev–Trinajstić information content (AvgIpc) is 3.22. The van der Waals surface area contributed by atoms with Gasteiger partial charge in [0.1, 0.15) is 6.54 Å². The van der Waals surface area contributed by atoms with Crippen molar-refractivity contribution >= 4 is 23.3 Å². The Morgan fingerprint density at radius 1 is 1.31 bits per heavy atom. The molecule has 5 nitrogen and oxygen atoms in total. The van der Waals surface area contributed by atoms with Crippen LogP contribution in [0.1, 0.15) is 41.8 Å². The molecule has 1 N–H and O–H groups in total. The molecule has 3 rings (SSSR count). The van der Waals surface area contributed by atoms with Crippen LogP contribution in [0.15, 0.2) is 54.4 Å². The maximum Gasteiger partial charge on any atom is 0.318 e. The first-order chi connectivity index (χ1) is 14.2. The number of unbranched alkanes of at least 4 members (excludes halogenated alkanes) is 1. The van der Waals surface area contributed by atoms with Crippen molar-refractivity contribution in [3.63, 3.8) is 0 Å². The molecule has 0 radical (unpaired) electrons. The lowest BCUT2D eigenvalue weighted by Gasteiger charge is -2.37. The molecule has 1 aromatic heterocycles. The molecule has 3 amide bonds. The Hall–Kier alpha value is -2.60. The van der Waals surface area contributed by atoms with Crippen LogP contribution in [-0.4, -0.2) is 47.9 Å². The van der Waals surface area contributed by atoms with E-state index in [0.717, 1.165) is 24.8 Å². The third-order valence-corrected chi connectivity index (χ3v) is 6.17. The molecule has 154 valence electrons. The minimum Gasteiger partial charge on any atom is -0.338 e. The standard InChI is InChI=1S/C23H29N3O2S/c1-3-5-13-24-23(28)25(14-4-2)17-21(27)26-15-11-20-19(12-16-29-20)22(26)18-9-7-6-8-10-18/h4,6-10,12,16,22H,2-3,5,11,13-15,17H2,1H3,(H,24,28)/t22-/m0/s1. The average molecular weight is 412 g/mol. The molecule has 1 aromatic carbocycles. The zero-order valence-corrected chi connectivity index (χ0v) is 17.8. The Kier molecular flexibility index (Phi) is 7.47. The number of benzene rings is 1. The first-order valence-corrected chi connectivity index (χ1v) is 11.1. The molecule has 0 aliphatic carbocycles. The quantitative estimate of drug-likeness (QED) is 0.522. The van der Waals surface area contributed by atoms with E-state index >= 15 is 0 Å². The maximum atomic E-state index is 13.3. The number of hydrogen-bond acceptors (Lipinski definition) is 3. The van der Waals surface area contributed by atoms with Gasteiger partial charge in [0, 0.05) is 24.5 Å². The summed E-state index contributed by atoms with van der Waals surface area (Å²) in [5, 5.41) is 5.00. The van der Waals surface area contributed by atoms with Gasteiger partial charge in [0.05, 0.1) is 6.04 Å². The molecule has 29 heavy (non-hydrogen) atoms. The molecule has 2 aromatic rings. The van der Waals surface area contributed by atoms with Crippen LogP contribution in [0.25, 0.3) is 0 Å². The third kappa shape index (κ3) is 5.07. The van der Waals surface area contributed by atoms with Crippen molar-refractivity contribution in [2.45, 2.75) is 32.2 Å². The van der Waals surface area contributed by atoms with E-state index in [1.807, 2.05) is 23.1 Å². The molecule has 0 saturated carbocycles. The SMILES string of the molecule is C=CCN(CC(=O)N1CCc2sccc2[C@@H]1c1ccccc1)C(=O)NCCCC. The molecular formula is C23H29N3O2S. The highest BCUT2D eigenvalue weighted by Crippen LogP contribution is 2.37. The van der Waals surface area contributed by atoms with Gasteiger partial charge in [0.2, 0.25) is 5.91 Å². The van der Waals surface area contributed by atoms with E-state index < -0.39 is 0 Å². The molecule has 1 aliphatic rings. The summed E-state index contributed by atoms with van der Waals surface area (Å²) in [5.41, 5.74) is 2.30. The predicted octanol–water partition coefficient (Wildman–Crippen LogP) is 4.22. The minimum absolute atomic E-state index is 0.0387. The number of nitrogens with zero attached hydrogens (tertiary/aromatic N) is 2. The fourth-order valence-electron chi connectivity index (χ4n) is 3.69. The van der Waals surface area contributed by atoms with Crippen molar-refractivity contribution < 1.29 is 9.59 Å². The van der Waals surface area contributed by atoms with Crippen molar-refractivity contribution in [2.24, 2.45) is 0 Å². The molecule has 0 saturated heterocycles. The van der Waals surface area contributed by atoms with Gasteiger partial charge in [-0.1, -0.05) is 49.8 Å². The second-order valence-corrected chi connectivity index (χ2v) is 8.20. The number of urea groups is 1. The summed E-state index contributed by atoms with van der Waals surface area (Å²) < 4.78 is 0. The van der Waals surface area contributed by atoms with Gasteiger partial charge in [-0.2, -0.15) is 0 Å². The Bertz CT molecular complexity index is 834. The molecular weight excluding hydrogens is 382 g/mol. The predicted molar refractivity (Wildman–Crippen MR) is 118 cm³/mol. The maximum absolute atomic E-state index is 13.3. The highest BCUT2D eigenvalue weighted by molar-refractivity contribution is 7.10. The molecule has 2 heterocycles. The normalized spacial score (nSPS) is 15.5. The number of amides is 3. The van der Waals surface area contributed by atoms with E-state index in [9.17, 15) is 9.59 Å². The second-order valence-electron chi connectivity index (χ2n) is 7.20. The van der Waals surface area contributed by atoms with E-state index in [0.29, 0.717) is 19.6 Å². The molecule has 1 atom stereocenters. The van der Waals surface area contributed by atoms with Crippen LogP contribution in [0.2, 0.25) is 0 Å². The van der Waals surface area contributed by atoms with Crippen molar-refractivity contribution in [1.82, 2.24) is 15.1 Å². The van der Waals surface area contributed by atoms with Crippen LogP contribution >= 0.6 is 11.3 Å². The second kappa shape index (κ2) is 10.3. The summed E-state index contributed by atoms with van der Waals surface area (Å²) in [6, 6.07) is 11.9. The fourth-order valence-corrected chi connectivity index (χ4v) is 4.60. The number of carbonyl (C=O) groups excluding carboxylic acids is 2. The number of rotatable bonds is 8. The molecule has 0 bridgehead atoms.